The molecule has 1 saturated heterocycles. The topological polar surface area (TPSA) is 53.4 Å². The molecule has 0 spiro atoms. The molecule has 6 heteroatoms. The molecule has 124 valence electrons. The molecule has 0 radical (unpaired) electrons. The second-order valence-electron chi connectivity index (χ2n) is 6.21. The summed E-state index contributed by atoms with van der Waals surface area (Å²) in [6.07, 6.45) is 6.79. The van der Waals surface area contributed by atoms with Crippen LogP contribution in [0, 0.1) is 5.92 Å². The van der Waals surface area contributed by atoms with Crippen molar-refractivity contribution in [2.45, 2.75) is 26.2 Å². The molecule has 1 fully saturated rings. The van der Waals surface area contributed by atoms with Crippen LogP contribution in [0.2, 0.25) is 0 Å². The summed E-state index contributed by atoms with van der Waals surface area (Å²) in [4.78, 5) is 20.6. The lowest BCUT2D eigenvalue weighted by atomic mass is 10.1. The molecule has 1 aliphatic rings. The molecule has 2 rings (SSSR count). The van der Waals surface area contributed by atoms with E-state index in [0.717, 1.165) is 51.4 Å². The molecule has 1 aliphatic heterocycles. The van der Waals surface area contributed by atoms with Crippen molar-refractivity contribution in [3.8, 4) is 0 Å². The number of rotatable bonds is 7. The summed E-state index contributed by atoms with van der Waals surface area (Å²) in [5.41, 5.74) is 0. The van der Waals surface area contributed by atoms with Crippen LogP contribution in [0.1, 0.15) is 25.6 Å². The zero-order valence-electron chi connectivity index (χ0n) is 14.1. The number of urea groups is 1. The number of amides is 2. The van der Waals surface area contributed by atoms with E-state index in [1.54, 1.807) is 4.90 Å². The van der Waals surface area contributed by atoms with E-state index in [4.69, 9.17) is 0 Å². The van der Waals surface area contributed by atoms with Crippen LogP contribution in [0.25, 0.3) is 0 Å². The van der Waals surface area contributed by atoms with Gasteiger partial charge in [0.05, 0.1) is 0 Å². The van der Waals surface area contributed by atoms with Gasteiger partial charge in [-0.15, -0.1) is 0 Å². The molecule has 22 heavy (non-hydrogen) atoms. The maximum Gasteiger partial charge on any atom is 0.317 e. The first kappa shape index (κ1) is 16.8. The van der Waals surface area contributed by atoms with Crippen molar-refractivity contribution in [3.05, 3.63) is 18.2 Å². The van der Waals surface area contributed by atoms with Crippen molar-refractivity contribution in [1.29, 1.82) is 0 Å². The number of imidazole rings is 1. The number of likely N-dealkylation sites (tertiary alicyclic amines) is 1. The Bertz CT molecular complexity index is 473. The second-order valence-corrected chi connectivity index (χ2v) is 6.21. The molecule has 0 bridgehead atoms. The van der Waals surface area contributed by atoms with Gasteiger partial charge >= 0.3 is 6.03 Å². The number of carbonyl (C=O) groups is 1. The Morgan fingerprint density at radius 3 is 3.00 bits per heavy atom. The third-order valence-electron chi connectivity index (χ3n) is 4.52. The first-order valence-electron chi connectivity index (χ1n) is 8.27. The van der Waals surface area contributed by atoms with E-state index in [1.807, 2.05) is 31.1 Å². The minimum absolute atomic E-state index is 0.0368. The fraction of sp³-hybridized carbons (Fsp3) is 0.750. The molecule has 2 amide bonds. The van der Waals surface area contributed by atoms with Crippen molar-refractivity contribution >= 4 is 6.03 Å². The number of nitrogens with one attached hydrogen (secondary N) is 1. The molecule has 0 saturated carbocycles. The first-order chi connectivity index (χ1) is 10.6. The lowest BCUT2D eigenvalue weighted by molar-refractivity contribution is 0.206. The number of hydrogen-bond donors (Lipinski definition) is 1. The highest BCUT2D eigenvalue weighted by Crippen LogP contribution is 2.14. The lowest BCUT2D eigenvalue weighted by Crippen LogP contribution is -2.40. The van der Waals surface area contributed by atoms with Crippen molar-refractivity contribution in [3.63, 3.8) is 0 Å². The fourth-order valence-corrected chi connectivity index (χ4v) is 2.95. The average molecular weight is 307 g/mol. The Labute approximate surface area is 133 Å². The minimum Gasteiger partial charge on any atom is -0.338 e. The maximum absolute atomic E-state index is 12.1. The van der Waals surface area contributed by atoms with Gasteiger partial charge in [-0.25, -0.2) is 9.78 Å². The van der Waals surface area contributed by atoms with Crippen LogP contribution in [-0.4, -0.2) is 65.2 Å². The van der Waals surface area contributed by atoms with E-state index >= 15 is 0 Å². The number of aromatic nitrogens is 2. The molecule has 2 heterocycles. The van der Waals surface area contributed by atoms with E-state index in [-0.39, 0.29) is 6.03 Å². The summed E-state index contributed by atoms with van der Waals surface area (Å²) < 4.78 is 2.03. The number of aryl methyl sites for hydroxylation is 2. The molecule has 0 aromatic carbocycles. The Hall–Kier alpha value is -1.56. The van der Waals surface area contributed by atoms with Gasteiger partial charge in [-0.3, -0.25) is 0 Å². The maximum atomic E-state index is 12.1. The number of hydrogen-bond acceptors (Lipinski definition) is 3. The predicted octanol–water partition coefficient (Wildman–Crippen LogP) is 1.34. The number of carbonyl (C=O) groups excluding carboxylic acids is 1. The first-order valence-corrected chi connectivity index (χ1v) is 8.27. The van der Waals surface area contributed by atoms with E-state index < -0.39 is 0 Å². The number of nitrogens with zero attached hydrogens (tertiary/aromatic N) is 4. The van der Waals surface area contributed by atoms with Gasteiger partial charge in [0.25, 0.3) is 0 Å². The van der Waals surface area contributed by atoms with Gasteiger partial charge in [0, 0.05) is 52.5 Å². The molecule has 1 atom stereocenters. The smallest absolute Gasteiger partial charge is 0.317 e. The molecular formula is C16H29N5O. The fourth-order valence-electron chi connectivity index (χ4n) is 2.95. The monoisotopic (exact) mass is 307 g/mol. The van der Waals surface area contributed by atoms with Crippen LogP contribution in [0.4, 0.5) is 4.79 Å². The van der Waals surface area contributed by atoms with Gasteiger partial charge in [-0.1, -0.05) is 6.92 Å². The summed E-state index contributed by atoms with van der Waals surface area (Å²) >= 11 is 0. The Morgan fingerprint density at radius 1 is 1.55 bits per heavy atom. The van der Waals surface area contributed by atoms with Gasteiger partial charge < -0.3 is 19.7 Å². The van der Waals surface area contributed by atoms with E-state index in [1.165, 1.54) is 6.42 Å². The zero-order chi connectivity index (χ0) is 15.9. The minimum atomic E-state index is 0.0368. The highest BCUT2D eigenvalue weighted by Gasteiger charge is 2.21. The quantitative estimate of drug-likeness (QED) is 0.827. The van der Waals surface area contributed by atoms with Gasteiger partial charge in [0.1, 0.15) is 5.82 Å². The Balaban J connectivity index is 1.61. The van der Waals surface area contributed by atoms with Crippen molar-refractivity contribution < 1.29 is 4.79 Å². The molecule has 1 aromatic heterocycles. The predicted molar refractivity (Wildman–Crippen MR) is 87.8 cm³/mol. The summed E-state index contributed by atoms with van der Waals surface area (Å²) in [6, 6.07) is 0.0368. The standard InChI is InChI=1S/C16H29N5O/c1-4-21-10-7-14(13-21)12-18-16(22)20(3)9-5-6-15-17-8-11-19(15)2/h8,11,14H,4-7,9-10,12-13H2,1-3H3,(H,18,22)/t14-/m1/s1. The van der Waals surface area contributed by atoms with Gasteiger partial charge in [0.2, 0.25) is 0 Å². The average Bonchev–Trinajstić information content (AvgIpc) is 3.14. The van der Waals surface area contributed by atoms with E-state index in [9.17, 15) is 4.79 Å². The van der Waals surface area contributed by atoms with Gasteiger partial charge in [0.15, 0.2) is 0 Å². The van der Waals surface area contributed by atoms with Crippen molar-refractivity contribution in [2.24, 2.45) is 13.0 Å². The largest absolute Gasteiger partial charge is 0.338 e. The van der Waals surface area contributed by atoms with Crippen molar-refractivity contribution in [2.75, 3.05) is 39.8 Å². The molecule has 0 unspecified atom stereocenters. The summed E-state index contributed by atoms with van der Waals surface area (Å²) in [5.74, 6) is 1.67. The van der Waals surface area contributed by atoms with Gasteiger partial charge in [-0.2, -0.15) is 0 Å². The summed E-state index contributed by atoms with van der Waals surface area (Å²) in [7, 11) is 3.86. The summed E-state index contributed by atoms with van der Waals surface area (Å²) in [5, 5.41) is 3.06. The highest BCUT2D eigenvalue weighted by molar-refractivity contribution is 5.73. The van der Waals surface area contributed by atoms with Crippen LogP contribution in [0.15, 0.2) is 12.4 Å². The highest BCUT2D eigenvalue weighted by atomic mass is 16.2. The zero-order valence-corrected chi connectivity index (χ0v) is 14.1. The van der Waals surface area contributed by atoms with Crippen LogP contribution in [0.5, 0.6) is 0 Å². The Morgan fingerprint density at radius 2 is 2.36 bits per heavy atom. The normalized spacial score (nSPS) is 18.6. The molecule has 1 N–H and O–H groups in total. The SMILES string of the molecule is CCN1CC[C@H](CNC(=O)N(C)CCCc2nccn2C)C1. The van der Waals surface area contributed by atoms with Crippen molar-refractivity contribution in [1.82, 2.24) is 24.7 Å². The Kier molecular flexibility index (Phi) is 6.24. The second kappa shape index (κ2) is 8.17. The van der Waals surface area contributed by atoms with Crippen LogP contribution >= 0.6 is 0 Å². The third kappa shape index (κ3) is 4.73. The van der Waals surface area contributed by atoms with E-state index in [2.05, 4.69) is 22.1 Å². The summed E-state index contributed by atoms with van der Waals surface area (Å²) in [6.45, 7) is 7.12. The van der Waals surface area contributed by atoms with Gasteiger partial charge in [-0.05, 0) is 31.8 Å². The molecule has 6 nitrogen and oxygen atoms in total. The van der Waals surface area contributed by atoms with Crippen LogP contribution in [-0.2, 0) is 13.5 Å². The lowest BCUT2D eigenvalue weighted by Gasteiger charge is -2.19. The van der Waals surface area contributed by atoms with E-state index in [0.29, 0.717) is 5.92 Å². The van der Waals surface area contributed by atoms with Crippen LogP contribution in [0.3, 0.4) is 0 Å². The van der Waals surface area contributed by atoms with Crippen LogP contribution < -0.4 is 5.32 Å². The molecule has 1 aromatic rings. The molecular weight excluding hydrogens is 278 g/mol. The third-order valence-corrected chi connectivity index (χ3v) is 4.52. The molecule has 0 aliphatic carbocycles.